The van der Waals surface area contributed by atoms with Crippen LogP contribution >= 0.6 is 0 Å². The van der Waals surface area contributed by atoms with Gasteiger partial charge in [-0.2, -0.15) is 0 Å². The Hall–Kier alpha value is -2.95. The molecule has 2 aromatic carbocycles. The topological polar surface area (TPSA) is 61.7 Å². The van der Waals surface area contributed by atoms with Gasteiger partial charge >= 0.3 is 0 Å². The average molecular weight is 324 g/mol. The molecule has 2 N–H and O–H groups in total. The number of aliphatic imine (C=N–C) groups is 1. The lowest BCUT2D eigenvalue weighted by Crippen LogP contribution is -2.31. The molecule has 0 fully saturated rings. The van der Waals surface area contributed by atoms with Crippen LogP contribution in [0.1, 0.15) is 12.5 Å². The molecular formula is C19H17FN2O2. The second-order valence-corrected chi connectivity index (χ2v) is 5.65. The third kappa shape index (κ3) is 3.35. The van der Waals surface area contributed by atoms with Crippen molar-refractivity contribution in [3.8, 4) is 0 Å². The summed E-state index contributed by atoms with van der Waals surface area (Å²) in [6.07, 6.45) is 0.389. The highest BCUT2D eigenvalue weighted by atomic mass is 19.1. The molecule has 122 valence electrons. The van der Waals surface area contributed by atoms with Crippen LogP contribution in [0.2, 0.25) is 0 Å². The number of benzene rings is 2. The van der Waals surface area contributed by atoms with Gasteiger partial charge in [0.05, 0.1) is 17.4 Å². The molecule has 0 bridgehead atoms. The van der Waals surface area contributed by atoms with E-state index in [9.17, 15) is 14.3 Å². The van der Waals surface area contributed by atoms with Gasteiger partial charge in [0.15, 0.2) is 0 Å². The maximum absolute atomic E-state index is 13.0. The second kappa shape index (κ2) is 6.66. The molecule has 0 unspecified atom stereocenters. The second-order valence-electron chi connectivity index (χ2n) is 5.65. The molecule has 2 aromatic rings. The monoisotopic (exact) mass is 324 g/mol. The van der Waals surface area contributed by atoms with Crippen molar-refractivity contribution in [3.63, 3.8) is 0 Å². The molecule has 0 saturated carbocycles. The number of carbonyl (C=O) groups excluding carboxylic acids is 1. The summed E-state index contributed by atoms with van der Waals surface area (Å²) < 4.78 is 13.0. The van der Waals surface area contributed by atoms with E-state index in [0.29, 0.717) is 17.8 Å². The standard InChI is InChI=1S/C19H17FN2O2/c1-12(21-15-5-3-2-4-6-15)17-18(23)16(22-19(17)24)11-13-7-9-14(20)10-8-13/h2-10,16,23H,11H2,1H3,(H,22,24)/t16-/m1/s1. The third-order valence-electron chi connectivity index (χ3n) is 3.89. The molecular weight excluding hydrogens is 307 g/mol. The van der Waals surface area contributed by atoms with Crippen molar-refractivity contribution in [2.75, 3.05) is 0 Å². The molecule has 0 aliphatic carbocycles. The van der Waals surface area contributed by atoms with Gasteiger partial charge in [-0.3, -0.25) is 9.79 Å². The van der Waals surface area contributed by atoms with E-state index in [4.69, 9.17) is 0 Å². The van der Waals surface area contributed by atoms with Crippen LogP contribution in [-0.4, -0.2) is 22.8 Å². The van der Waals surface area contributed by atoms with Gasteiger partial charge in [0.2, 0.25) is 0 Å². The molecule has 0 saturated heterocycles. The lowest BCUT2D eigenvalue weighted by Gasteiger charge is -2.11. The van der Waals surface area contributed by atoms with Crippen molar-refractivity contribution in [2.24, 2.45) is 4.99 Å². The SMILES string of the molecule is CC(=Nc1ccccc1)C1=C(O)[C@@H](Cc2ccc(F)cc2)NC1=O. The van der Waals surface area contributed by atoms with Gasteiger partial charge in [0.1, 0.15) is 17.1 Å². The van der Waals surface area contributed by atoms with E-state index in [1.807, 2.05) is 30.3 Å². The Balaban J connectivity index is 1.84. The van der Waals surface area contributed by atoms with Crippen molar-refractivity contribution in [1.82, 2.24) is 5.32 Å². The minimum absolute atomic E-state index is 0.0264. The molecule has 1 atom stereocenters. The Kier molecular flexibility index (Phi) is 4.42. The molecule has 3 rings (SSSR count). The van der Waals surface area contributed by atoms with E-state index in [-0.39, 0.29) is 23.1 Å². The van der Waals surface area contributed by atoms with E-state index in [1.54, 1.807) is 19.1 Å². The number of amides is 1. The van der Waals surface area contributed by atoms with E-state index in [0.717, 1.165) is 5.56 Å². The van der Waals surface area contributed by atoms with Gasteiger partial charge < -0.3 is 10.4 Å². The number of hydrogen-bond acceptors (Lipinski definition) is 3. The first-order valence-corrected chi connectivity index (χ1v) is 7.64. The highest BCUT2D eigenvalue weighted by molar-refractivity contribution is 6.23. The molecule has 5 heteroatoms. The molecule has 0 radical (unpaired) electrons. The summed E-state index contributed by atoms with van der Waals surface area (Å²) in [4.78, 5) is 16.6. The van der Waals surface area contributed by atoms with Crippen LogP contribution in [0.5, 0.6) is 0 Å². The van der Waals surface area contributed by atoms with Crippen molar-refractivity contribution < 1.29 is 14.3 Å². The van der Waals surface area contributed by atoms with Gasteiger partial charge in [0, 0.05) is 0 Å². The van der Waals surface area contributed by atoms with E-state index in [2.05, 4.69) is 10.3 Å². The van der Waals surface area contributed by atoms with Crippen LogP contribution in [-0.2, 0) is 11.2 Å². The van der Waals surface area contributed by atoms with Gasteiger partial charge in [0.25, 0.3) is 5.91 Å². The molecule has 0 aromatic heterocycles. The molecule has 4 nitrogen and oxygen atoms in total. The van der Waals surface area contributed by atoms with Gasteiger partial charge in [-0.1, -0.05) is 30.3 Å². The number of nitrogens with zero attached hydrogens (tertiary/aromatic N) is 1. The van der Waals surface area contributed by atoms with Gasteiger partial charge in [-0.15, -0.1) is 0 Å². The summed E-state index contributed by atoms with van der Waals surface area (Å²) in [5.74, 6) is -0.696. The minimum Gasteiger partial charge on any atom is -0.509 e. The lowest BCUT2D eigenvalue weighted by atomic mass is 10.0. The van der Waals surface area contributed by atoms with Crippen molar-refractivity contribution >= 4 is 17.3 Å². The van der Waals surface area contributed by atoms with Crippen LogP contribution in [0.3, 0.4) is 0 Å². The molecule has 24 heavy (non-hydrogen) atoms. The Bertz CT molecular complexity index is 811. The maximum Gasteiger partial charge on any atom is 0.257 e. The van der Waals surface area contributed by atoms with Crippen molar-refractivity contribution in [1.29, 1.82) is 0 Å². The molecule has 1 aliphatic heterocycles. The predicted molar refractivity (Wildman–Crippen MR) is 90.9 cm³/mol. The number of halogens is 1. The summed E-state index contributed by atoms with van der Waals surface area (Å²) in [5.41, 5.74) is 2.20. The Morgan fingerprint density at radius 2 is 1.83 bits per heavy atom. The third-order valence-corrected chi connectivity index (χ3v) is 3.89. The van der Waals surface area contributed by atoms with Crippen LogP contribution in [0, 0.1) is 5.82 Å². The minimum atomic E-state index is -0.529. The molecule has 1 heterocycles. The van der Waals surface area contributed by atoms with Crippen LogP contribution in [0.15, 0.2) is 70.9 Å². The first kappa shape index (κ1) is 15.9. The summed E-state index contributed by atoms with van der Waals surface area (Å²) >= 11 is 0. The van der Waals surface area contributed by atoms with E-state index in [1.165, 1.54) is 12.1 Å². The van der Waals surface area contributed by atoms with E-state index >= 15 is 0 Å². The summed E-state index contributed by atoms with van der Waals surface area (Å²) in [7, 11) is 0. The van der Waals surface area contributed by atoms with Gasteiger partial charge in [-0.05, 0) is 43.2 Å². The normalized spacial score (nSPS) is 18.0. The predicted octanol–water partition coefficient (Wildman–Crippen LogP) is 3.47. The van der Waals surface area contributed by atoms with Crippen LogP contribution in [0.4, 0.5) is 10.1 Å². The van der Waals surface area contributed by atoms with Crippen LogP contribution in [0.25, 0.3) is 0 Å². The Morgan fingerprint density at radius 1 is 1.17 bits per heavy atom. The summed E-state index contributed by atoms with van der Waals surface area (Å²) in [5, 5.41) is 13.2. The molecule has 1 aliphatic rings. The fourth-order valence-corrected chi connectivity index (χ4v) is 2.69. The number of nitrogens with one attached hydrogen (secondary N) is 1. The Labute approximate surface area is 139 Å². The highest BCUT2D eigenvalue weighted by Gasteiger charge is 2.33. The fraction of sp³-hybridized carbons (Fsp3) is 0.158. The summed E-state index contributed by atoms with van der Waals surface area (Å²) in [6, 6.07) is 14.7. The highest BCUT2D eigenvalue weighted by Crippen LogP contribution is 2.22. The number of aliphatic hydroxyl groups is 1. The van der Waals surface area contributed by atoms with Crippen LogP contribution < -0.4 is 5.32 Å². The number of hydrogen-bond donors (Lipinski definition) is 2. The first-order chi connectivity index (χ1) is 11.5. The zero-order valence-electron chi connectivity index (χ0n) is 13.2. The lowest BCUT2D eigenvalue weighted by molar-refractivity contribution is -0.116. The maximum atomic E-state index is 13.0. The quantitative estimate of drug-likeness (QED) is 0.846. The number of carbonyl (C=O) groups is 1. The summed E-state index contributed by atoms with van der Waals surface area (Å²) in [6.45, 7) is 1.69. The van der Waals surface area contributed by atoms with E-state index < -0.39 is 6.04 Å². The number of para-hydroxylation sites is 1. The number of aliphatic hydroxyl groups excluding tert-OH is 1. The zero-order valence-corrected chi connectivity index (χ0v) is 13.2. The van der Waals surface area contributed by atoms with Crippen molar-refractivity contribution in [3.05, 3.63) is 77.3 Å². The zero-order chi connectivity index (χ0) is 17.1. The van der Waals surface area contributed by atoms with Crippen molar-refractivity contribution in [2.45, 2.75) is 19.4 Å². The molecule has 1 amide bonds. The fourth-order valence-electron chi connectivity index (χ4n) is 2.69. The first-order valence-electron chi connectivity index (χ1n) is 7.64. The van der Waals surface area contributed by atoms with Gasteiger partial charge in [-0.25, -0.2) is 4.39 Å². The Morgan fingerprint density at radius 3 is 2.50 bits per heavy atom. The largest absolute Gasteiger partial charge is 0.509 e. The molecule has 0 spiro atoms. The smallest absolute Gasteiger partial charge is 0.257 e. The average Bonchev–Trinajstić information content (AvgIpc) is 2.84. The number of rotatable bonds is 4.